The second kappa shape index (κ2) is 7.68. The molecule has 9 heteroatoms. The molecule has 0 saturated heterocycles. The van der Waals surface area contributed by atoms with Crippen LogP contribution >= 0.6 is 11.3 Å². The Morgan fingerprint density at radius 2 is 1.91 bits per heavy atom. The van der Waals surface area contributed by atoms with Crippen molar-refractivity contribution in [2.24, 2.45) is 0 Å². The summed E-state index contributed by atoms with van der Waals surface area (Å²) in [5, 5.41) is 5.41. The van der Waals surface area contributed by atoms with Crippen LogP contribution in [0.1, 0.15) is 34.6 Å². The van der Waals surface area contributed by atoms with Crippen LogP contribution in [0.2, 0.25) is 0 Å². The van der Waals surface area contributed by atoms with Crippen LogP contribution in [0.25, 0.3) is 27.3 Å². The van der Waals surface area contributed by atoms with Crippen molar-refractivity contribution >= 4 is 33.0 Å². The molecule has 34 heavy (non-hydrogen) atoms. The number of pyridine rings is 1. The van der Waals surface area contributed by atoms with Crippen LogP contribution in [0.5, 0.6) is 0 Å². The third-order valence-electron chi connectivity index (χ3n) is 6.09. The Balaban J connectivity index is 1.62. The van der Waals surface area contributed by atoms with E-state index in [2.05, 4.69) is 23.9 Å². The molecular formula is C25H21N5O3S. The number of benzene rings is 1. The number of rotatable bonds is 4. The lowest BCUT2D eigenvalue weighted by Crippen LogP contribution is -2.32. The number of carbonyl (C=O) groups excluding carboxylic acids is 1. The monoisotopic (exact) mass is 471 g/mol. The molecule has 0 unspecified atom stereocenters. The molecule has 0 radical (unpaired) electrons. The van der Waals surface area contributed by atoms with E-state index in [0.717, 1.165) is 26.2 Å². The minimum atomic E-state index is -0.390. The number of fused-ring (bicyclic) bond motifs is 5. The van der Waals surface area contributed by atoms with E-state index in [-0.39, 0.29) is 17.9 Å². The number of thiophene rings is 1. The van der Waals surface area contributed by atoms with Crippen molar-refractivity contribution in [2.75, 3.05) is 0 Å². The number of hydrogen-bond donors (Lipinski definition) is 0. The van der Waals surface area contributed by atoms with Crippen LogP contribution in [0.3, 0.4) is 0 Å². The summed E-state index contributed by atoms with van der Waals surface area (Å²) in [6, 6.07) is 12.6. The fourth-order valence-electron chi connectivity index (χ4n) is 4.39. The predicted molar refractivity (Wildman–Crippen MR) is 129 cm³/mol. The molecule has 4 aromatic heterocycles. The van der Waals surface area contributed by atoms with Gasteiger partial charge < -0.3 is 4.74 Å². The molecule has 0 N–H and O–H groups in total. The lowest BCUT2D eigenvalue weighted by molar-refractivity contribution is -0.0379. The average molecular weight is 472 g/mol. The highest BCUT2D eigenvalue weighted by molar-refractivity contribution is 7.19. The zero-order chi connectivity index (χ0) is 23.4. The summed E-state index contributed by atoms with van der Waals surface area (Å²) in [6.07, 6.45) is 4.01. The second-order valence-electron chi connectivity index (χ2n) is 8.97. The van der Waals surface area contributed by atoms with E-state index in [1.807, 2.05) is 30.3 Å². The van der Waals surface area contributed by atoms with Gasteiger partial charge in [-0.25, -0.2) is 9.78 Å². The SMILES string of the molecule is CC1(C)Cc2c(sc3c2c2nc(-c4ccncc4)nn2c(=O)n3CC(=O)c2ccccc2)CO1. The van der Waals surface area contributed by atoms with Gasteiger partial charge in [-0.05, 0) is 31.5 Å². The van der Waals surface area contributed by atoms with Crippen molar-refractivity contribution in [3.63, 3.8) is 0 Å². The first-order valence-corrected chi connectivity index (χ1v) is 11.8. The molecule has 0 saturated carbocycles. The molecule has 5 aromatic rings. The number of aromatic nitrogens is 5. The highest BCUT2D eigenvalue weighted by Crippen LogP contribution is 2.40. The zero-order valence-corrected chi connectivity index (χ0v) is 19.5. The molecular weight excluding hydrogens is 450 g/mol. The lowest BCUT2D eigenvalue weighted by atomic mass is 9.94. The van der Waals surface area contributed by atoms with Crippen LogP contribution in [-0.2, 0) is 24.3 Å². The number of ketones is 1. The maximum atomic E-state index is 13.6. The van der Waals surface area contributed by atoms with Crippen LogP contribution < -0.4 is 5.69 Å². The van der Waals surface area contributed by atoms with Gasteiger partial charge in [0.1, 0.15) is 4.83 Å². The van der Waals surface area contributed by atoms with Gasteiger partial charge in [-0.15, -0.1) is 16.4 Å². The van der Waals surface area contributed by atoms with E-state index in [1.54, 1.807) is 24.5 Å². The first-order valence-electron chi connectivity index (χ1n) is 11.0. The Hall–Kier alpha value is -3.69. The molecule has 5 heterocycles. The van der Waals surface area contributed by atoms with Gasteiger partial charge in [0, 0.05) is 34.8 Å². The second-order valence-corrected chi connectivity index (χ2v) is 10.1. The number of Topliss-reactive ketones (excluding diaryl/α,β-unsaturated/α-hetero) is 1. The molecule has 0 amide bonds. The Morgan fingerprint density at radius 3 is 2.68 bits per heavy atom. The molecule has 1 aromatic carbocycles. The predicted octanol–water partition coefficient (Wildman–Crippen LogP) is 3.90. The van der Waals surface area contributed by atoms with Gasteiger partial charge in [-0.3, -0.25) is 14.3 Å². The van der Waals surface area contributed by atoms with Gasteiger partial charge in [0.15, 0.2) is 17.3 Å². The fraction of sp³-hybridized carbons (Fsp3) is 0.240. The van der Waals surface area contributed by atoms with Gasteiger partial charge in [0.2, 0.25) is 0 Å². The number of nitrogens with zero attached hydrogens (tertiary/aromatic N) is 5. The topological polar surface area (TPSA) is 91.4 Å². The third kappa shape index (κ3) is 3.36. The minimum absolute atomic E-state index is 0.0800. The summed E-state index contributed by atoms with van der Waals surface area (Å²) in [6.45, 7) is 4.49. The minimum Gasteiger partial charge on any atom is -0.370 e. The van der Waals surface area contributed by atoms with E-state index in [0.29, 0.717) is 30.1 Å². The zero-order valence-electron chi connectivity index (χ0n) is 18.7. The molecule has 0 aliphatic carbocycles. The van der Waals surface area contributed by atoms with Crippen LogP contribution in [0.15, 0.2) is 59.7 Å². The molecule has 0 atom stereocenters. The molecule has 170 valence electrons. The largest absolute Gasteiger partial charge is 0.370 e. The molecule has 0 fully saturated rings. The lowest BCUT2D eigenvalue weighted by Gasteiger charge is -2.30. The van der Waals surface area contributed by atoms with E-state index in [9.17, 15) is 9.59 Å². The number of ether oxygens (including phenoxy) is 1. The molecule has 0 spiro atoms. The quantitative estimate of drug-likeness (QED) is 0.369. The van der Waals surface area contributed by atoms with Gasteiger partial charge in [0.05, 0.1) is 24.1 Å². The Labute approximate surface area is 198 Å². The normalized spacial score (nSPS) is 15.0. The van der Waals surface area contributed by atoms with E-state index in [1.165, 1.54) is 20.4 Å². The Bertz CT molecular complexity index is 1620. The summed E-state index contributed by atoms with van der Waals surface area (Å²) >= 11 is 1.49. The molecule has 8 nitrogen and oxygen atoms in total. The molecule has 6 rings (SSSR count). The van der Waals surface area contributed by atoms with Gasteiger partial charge in [-0.2, -0.15) is 4.52 Å². The third-order valence-corrected chi connectivity index (χ3v) is 7.32. The van der Waals surface area contributed by atoms with Gasteiger partial charge in [-0.1, -0.05) is 30.3 Å². The first kappa shape index (κ1) is 20.9. The summed E-state index contributed by atoms with van der Waals surface area (Å²) < 4.78 is 8.89. The van der Waals surface area contributed by atoms with Crippen molar-refractivity contribution in [3.8, 4) is 11.4 Å². The number of hydrogen-bond acceptors (Lipinski definition) is 7. The maximum Gasteiger partial charge on any atom is 0.352 e. The van der Waals surface area contributed by atoms with E-state index in [4.69, 9.17) is 9.72 Å². The van der Waals surface area contributed by atoms with Gasteiger partial charge >= 0.3 is 5.69 Å². The van der Waals surface area contributed by atoms with Crippen molar-refractivity contribution in [1.82, 2.24) is 24.1 Å². The van der Waals surface area contributed by atoms with Crippen molar-refractivity contribution < 1.29 is 9.53 Å². The first-order chi connectivity index (χ1) is 16.4. The Morgan fingerprint density at radius 1 is 1.15 bits per heavy atom. The van der Waals surface area contributed by atoms with Crippen molar-refractivity contribution in [3.05, 3.63) is 81.3 Å². The average Bonchev–Trinajstić information content (AvgIpc) is 3.44. The highest BCUT2D eigenvalue weighted by atomic mass is 32.1. The Kier molecular flexibility index (Phi) is 4.72. The molecule has 0 bridgehead atoms. The summed E-state index contributed by atoms with van der Waals surface area (Å²) in [4.78, 5) is 37.3. The summed E-state index contributed by atoms with van der Waals surface area (Å²) in [7, 11) is 0. The van der Waals surface area contributed by atoms with E-state index >= 15 is 0 Å². The van der Waals surface area contributed by atoms with Crippen LogP contribution in [0.4, 0.5) is 0 Å². The molecule has 1 aliphatic heterocycles. The fourth-order valence-corrected chi connectivity index (χ4v) is 5.61. The van der Waals surface area contributed by atoms with E-state index < -0.39 is 5.69 Å². The summed E-state index contributed by atoms with van der Waals surface area (Å²) in [5.74, 6) is 0.306. The smallest absolute Gasteiger partial charge is 0.352 e. The van der Waals surface area contributed by atoms with Crippen LogP contribution in [0, 0.1) is 0 Å². The maximum absolute atomic E-state index is 13.6. The van der Waals surface area contributed by atoms with Gasteiger partial charge in [0.25, 0.3) is 0 Å². The van der Waals surface area contributed by atoms with Crippen molar-refractivity contribution in [1.29, 1.82) is 0 Å². The summed E-state index contributed by atoms with van der Waals surface area (Å²) in [5.41, 5.74) is 2.21. The molecule has 1 aliphatic rings. The standard InChI is InChI=1S/C25H21N5O3S/c1-25(2)12-17-19(14-33-25)34-23-20(17)22-27-21(16-8-10-26-11-9-16)28-30(22)24(32)29(23)13-18(31)15-6-4-3-5-7-15/h3-11H,12-14H2,1-2H3. The highest BCUT2D eigenvalue weighted by Gasteiger charge is 2.32. The number of carbonyl (C=O) groups is 1. The van der Waals surface area contributed by atoms with Crippen LogP contribution in [-0.4, -0.2) is 35.5 Å². The van der Waals surface area contributed by atoms with Crippen molar-refractivity contribution in [2.45, 2.75) is 39.0 Å².